The molecule has 6 heteroatoms. The van der Waals surface area contributed by atoms with Gasteiger partial charge in [-0.3, -0.25) is 4.79 Å². The van der Waals surface area contributed by atoms with E-state index in [9.17, 15) is 4.79 Å². The van der Waals surface area contributed by atoms with Crippen LogP contribution >= 0.6 is 11.3 Å². The number of nitrogens with zero attached hydrogens (tertiary/aromatic N) is 1. The van der Waals surface area contributed by atoms with Gasteiger partial charge in [0.1, 0.15) is 0 Å². The molecule has 142 valence electrons. The fourth-order valence-corrected chi connectivity index (χ4v) is 3.85. The van der Waals surface area contributed by atoms with Crippen molar-refractivity contribution in [1.29, 1.82) is 0 Å². The molecule has 0 aliphatic carbocycles. The van der Waals surface area contributed by atoms with E-state index >= 15 is 0 Å². The van der Waals surface area contributed by atoms with E-state index in [2.05, 4.69) is 18.7 Å². The first-order valence-corrected chi connectivity index (χ1v) is 9.24. The van der Waals surface area contributed by atoms with Crippen molar-refractivity contribution in [3.8, 4) is 11.5 Å². The van der Waals surface area contributed by atoms with Gasteiger partial charge in [0.05, 0.1) is 19.1 Å². The van der Waals surface area contributed by atoms with E-state index in [1.807, 2.05) is 41.2 Å². The van der Waals surface area contributed by atoms with E-state index < -0.39 is 0 Å². The first kappa shape index (κ1) is 21.1. The largest absolute Gasteiger partial charge is 1.00 e. The Balaban J connectivity index is 0.00000261. The summed E-state index contributed by atoms with van der Waals surface area (Å²) in [5.41, 5.74) is 1.16. The number of carbonyl (C=O) groups excluding carboxylic acids is 1. The molecule has 0 fully saturated rings. The van der Waals surface area contributed by atoms with E-state index in [1.54, 1.807) is 14.2 Å². The van der Waals surface area contributed by atoms with Gasteiger partial charge in [0.25, 0.3) is 0 Å². The first-order valence-electron chi connectivity index (χ1n) is 8.42. The summed E-state index contributed by atoms with van der Waals surface area (Å²) in [6, 6.07) is 9.88. The lowest BCUT2D eigenvalue weighted by Gasteiger charge is -2.06. The second kappa shape index (κ2) is 9.67. The fourth-order valence-electron chi connectivity index (χ4n) is 2.81. The zero-order valence-electron chi connectivity index (χ0n) is 15.4. The number of rotatable bonds is 8. The average molecular weight is 448 g/mol. The second-order valence-electron chi connectivity index (χ2n) is 5.97. The number of benzene rings is 1. The second-order valence-corrected chi connectivity index (χ2v) is 7.05. The maximum atomic E-state index is 12.6. The molecule has 0 bridgehead atoms. The fraction of sp³-hybridized carbons (Fsp3) is 0.238. The molecule has 0 atom stereocenters. The highest BCUT2D eigenvalue weighted by Gasteiger charge is 2.14. The number of fused-ring (bicyclic) bond motifs is 1. The minimum absolute atomic E-state index is 0. The SMILES string of the molecule is C=CC[n+]1ccc(CCC(=O)c2cc3cc(OC)c(OC)cc3s2)cc1.[Br-]. The minimum Gasteiger partial charge on any atom is -1.00 e. The summed E-state index contributed by atoms with van der Waals surface area (Å²) in [5, 5.41) is 1.00. The Morgan fingerprint density at radius 2 is 1.81 bits per heavy atom. The molecule has 4 nitrogen and oxygen atoms in total. The predicted molar refractivity (Wildman–Crippen MR) is 104 cm³/mol. The van der Waals surface area contributed by atoms with Crippen LogP contribution < -0.4 is 31.0 Å². The lowest BCUT2D eigenvalue weighted by molar-refractivity contribution is -0.687. The Kier molecular flexibility index (Phi) is 7.56. The van der Waals surface area contributed by atoms with Gasteiger partial charge in [-0.25, -0.2) is 4.57 Å². The number of allylic oxidation sites excluding steroid dienone is 1. The van der Waals surface area contributed by atoms with Gasteiger partial charge in [-0.05, 0) is 35.6 Å². The number of hydrogen-bond acceptors (Lipinski definition) is 4. The molecule has 0 saturated carbocycles. The van der Waals surface area contributed by atoms with Crippen LogP contribution in [-0.2, 0) is 13.0 Å². The molecule has 0 amide bonds. The van der Waals surface area contributed by atoms with Gasteiger partial charge in [-0.2, -0.15) is 0 Å². The summed E-state index contributed by atoms with van der Waals surface area (Å²) in [6.45, 7) is 4.52. The molecule has 27 heavy (non-hydrogen) atoms. The molecular weight excluding hydrogens is 426 g/mol. The standard InChI is InChI=1S/C21H22NO3S.BrH/c1-4-9-22-10-7-15(8-11-22)5-6-17(23)21-13-16-12-18(24-2)19(25-3)14-20(16)26-21;/h4,7-8,10-14H,1,5-6,9H2,2-3H3;1H/q+1;/p-1. The lowest BCUT2D eigenvalue weighted by Crippen LogP contribution is -3.00. The number of aromatic nitrogens is 1. The van der Waals surface area contributed by atoms with Crippen LogP contribution in [0.3, 0.4) is 0 Å². The highest BCUT2D eigenvalue weighted by Crippen LogP contribution is 2.36. The van der Waals surface area contributed by atoms with Crippen molar-refractivity contribution in [2.75, 3.05) is 14.2 Å². The molecule has 0 unspecified atom stereocenters. The van der Waals surface area contributed by atoms with Crippen LogP contribution in [0.2, 0.25) is 0 Å². The predicted octanol–water partition coefficient (Wildman–Crippen LogP) is 1.21. The Hall–Kier alpha value is -2.18. The molecule has 3 aromatic rings. The summed E-state index contributed by atoms with van der Waals surface area (Å²) < 4.78 is 13.7. The third-order valence-corrected chi connectivity index (χ3v) is 5.38. The number of hydrogen-bond donors (Lipinski definition) is 0. The Bertz CT molecular complexity index is 893. The maximum Gasteiger partial charge on any atom is 0.173 e. The third kappa shape index (κ3) is 4.96. The van der Waals surface area contributed by atoms with Gasteiger partial charge in [-0.15, -0.1) is 11.3 Å². The smallest absolute Gasteiger partial charge is 0.173 e. The molecule has 0 radical (unpaired) electrons. The van der Waals surface area contributed by atoms with Gasteiger partial charge in [-0.1, -0.05) is 6.58 Å². The van der Waals surface area contributed by atoms with E-state index in [1.165, 1.54) is 11.3 Å². The topological polar surface area (TPSA) is 39.4 Å². The summed E-state index contributed by atoms with van der Waals surface area (Å²) in [7, 11) is 3.22. The van der Waals surface area contributed by atoms with Gasteiger partial charge >= 0.3 is 0 Å². The van der Waals surface area contributed by atoms with Crippen LogP contribution in [-0.4, -0.2) is 20.0 Å². The average Bonchev–Trinajstić information content (AvgIpc) is 3.09. The number of Topliss-reactive ketones (excluding diaryl/α,β-unsaturated/α-hetero) is 1. The Morgan fingerprint density at radius 3 is 2.44 bits per heavy atom. The van der Waals surface area contributed by atoms with Crippen molar-refractivity contribution in [3.05, 3.63) is 65.8 Å². The van der Waals surface area contributed by atoms with Crippen molar-refractivity contribution < 1.29 is 35.8 Å². The number of methoxy groups -OCH3 is 2. The molecule has 0 N–H and O–H groups in total. The number of carbonyl (C=O) groups is 1. The normalized spacial score (nSPS) is 10.3. The van der Waals surface area contributed by atoms with Crippen molar-refractivity contribution in [3.63, 3.8) is 0 Å². The van der Waals surface area contributed by atoms with Crippen LogP contribution in [0, 0.1) is 0 Å². The highest BCUT2D eigenvalue weighted by atomic mass is 79.9. The molecule has 3 rings (SSSR count). The van der Waals surface area contributed by atoms with Crippen molar-refractivity contribution >= 4 is 27.2 Å². The third-order valence-electron chi connectivity index (χ3n) is 4.24. The van der Waals surface area contributed by atoms with E-state index in [0.29, 0.717) is 17.9 Å². The molecule has 0 spiro atoms. The van der Waals surface area contributed by atoms with Crippen LogP contribution in [0.25, 0.3) is 10.1 Å². The summed E-state index contributed by atoms with van der Waals surface area (Å²) in [5.74, 6) is 1.51. The molecule has 1 aromatic carbocycles. The Labute approximate surface area is 173 Å². The lowest BCUT2D eigenvalue weighted by atomic mass is 10.1. The number of pyridine rings is 1. The quantitative estimate of drug-likeness (QED) is 0.296. The molecule has 0 saturated heterocycles. The van der Waals surface area contributed by atoms with Crippen molar-refractivity contribution in [1.82, 2.24) is 0 Å². The van der Waals surface area contributed by atoms with Crippen LogP contribution in [0.5, 0.6) is 11.5 Å². The summed E-state index contributed by atoms with van der Waals surface area (Å²) in [4.78, 5) is 13.4. The maximum absolute atomic E-state index is 12.6. The van der Waals surface area contributed by atoms with Crippen LogP contribution in [0.4, 0.5) is 0 Å². The summed E-state index contributed by atoms with van der Waals surface area (Å²) in [6.07, 6.45) is 7.11. The zero-order chi connectivity index (χ0) is 18.5. The van der Waals surface area contributed by atoms with Crippen LogP contribution in [0.15, 0.2) is 55.4 Å². The van der Waals surface area contributed by atoms with Gasteiger partial charge in [0.15, 0.2) is 36.2 Å². The molecule has 0 aliphatic heterocycles. The van der Waals surface area contributed by atoms with E-state index in [0.717, 1.165) is 33.5 Å². The minimum atomic E-state index is 0. The monoisotopic (exact) mass is 447 g/mol. The van der Waals surface area contributed by atoms with Crippen LogP contribution in [0.1, 0.15) is 21.7 Å². The molecule has 2 aromatic heterocycles. The number of ether oxygens (including phenoxy) is 2. The number of ketones is 1. The van der Waals surface area contributed by atoms with Crippen molar-refractivity contribution in [2.24, 2.45) is 0 Å². The molecule has 0 aliphatic rings. The van der Waals surface area contributed by atoms with Gasteiger partial charge in [0.2, 0.25) is 0 Å². The van der Waals surface area contributed by atoms with E-state index in [-0.39, 0.29) is 22.8 Å². The molecule has 2 heterocycles. The number of halogens is 1. The van der Waals surface area contributed by atoms with E-state index in [4.69, 9.17) is 9.47 Å². The Morgan fingerprint density at radius 1 is 1.15 bits per heavy atom. The first-order chi connectivity index (χ1) is 12.6. The highest BCUT2D eigenvalue weighted by molar-refractivity contribution is 7.20. The molecular formula is C21H22BrNO3S. The van der Waals surface area contributed by atoms with Gasteiger partial charge in [0, 0.05) is 29.3 Å². The van der Waals surface area contributed by atoms with Gasteiger partial charge < -0.3 is 26.5 Å². The number of aryl methyl sites for hydroxylation is 1. The van der Waals surface area contributed by atoms with Crippen molar-refractivity contribution in [2.45, 2.75) is 19.4 Å². The summed E-state index contributed by atoms with van der Waals surface area (Å²) >= 11 is 1.50. The number of thiophene rings is 1. The zero-order valence-corrected chi connectivity index (χ0v) is 17.8.